The lowest BCUT2D eigenvalue weighted by Gasteiger charge is -2.17. The summed E-state index contributed by atoms with van der Waals surface area (Å²) in [5.74, 6) is 0.215. The maximum absolute atomic E-state index is 11.5. The quantitative estimate of drug-likeness (QED) is 0.631. The van der Waals surface area contributed by atoms with E-state index in [0.29, 0.717) is 24.6 Å². The molecule has 0 heterocycles. The molecule has 0 saturated carbocycles. The largest absolute Gasteiger partial charge is 0.494 e. The van der Waals surface area contributed by atoms with Crippen molar-refractivity contribution in [3.05, 3.63) is 24.8 Å². The van der Waals surface area contributed by atoms with E-state index in [1.54, 1.807) is 0 Å². The summed E-state index contributed by atoms with van der Waals surface area (Å²) in [7, 11) is 5.22. The van der Waals surface area contributed by atoms with Crippen LogP contribution in [0.2, 0.25) is 0 Å². The molecule has 0 aromatic heterocycles. The molecule has 0 aliphatic rings. The number of carbonyl (C=O) groups excluding carboxylic acids is 1. The molecule has 126 valence electrons. The highest BCUT2D eigenvalue weighted by molar-refractivity contribution is 6.01. The third-order valence-electron chi connectivity index (χ3n) is 2.78. The summed E-state index contributed by atoms with van der Waals surface area (Å²) >= 11 is 0. The van der Waals surface area contributed by atoms with Crippen LogP contribution in [0.3, 0.4) is 0 Å². The van der Waals surface area contributed by atoms with E-state index in [1.165, 1.54) is 19.2 Å². The van der Waals surface area contributed by atoms with Crippen LogP contribution in [0.25, 0.3) is 0 Å². The Bertz CT molecular complexity index is 587. The number of nitrogens with zero attached hydrogens (tertiary/aromatic N) is 1. The van der Waals surface area contributed by atoms with Crippen LogP contribution in [0.15, 0.2) is 24.8 Å². The highest BCUT2D eigenvalue weighted by atomic mass is 16.5. The lowest BCUT2D eigenvalue weighted by molar-refractivity contribution is -0.111. The third kappa shape index (κ3) is 5.87. The third-order valence-corrected chi connectivity index (χ3v) is 2.78. The van der Waals surface area contributed by atoms with Gasteiger partial charge in [-0.05, 0) is 26.2 Å². The Balaban J connectivity index is 3.14. The molecule has 0 saturated heterocycles. The van der Waals surface area contributed by atoms with E-state index < -0.39 is 12.0 Å². The van der Waals surface area contributed by atoms with Gasteiger partial charge in [-0.1, -0.05) is 6.58 Å². The van der Waals surface area contributed by atoms with Crippen LogP contribution in [-0.2, 0) is 4.79 Å². The second-order valence-electron chi connectivity index (χ2n) is 4.82. The number of nitrogens with one attached hydrogen (secondary N) is 2. The Morgan fingerprint density at radius 1 is 1.26 bits per heavy atom. The number of methoxy groups -OCH3 is 1. The molecule has 0 spiro atoms. The Kier molecular flexibility index (Phi) is 6.88. The van der Waals surface area contributed by atoms with Crippen LogP contribution < -0.4 is 20.1 Å². The zero-order chi connectivity index (χ0) is 17.4. The first-order chi connectivity index (χ1) is 10.9. The normalized spacial score (nSPS) is 10.1. The Hall–Kier alpha value is -2.74. The predicted molar refractivity (Wildman–Crippen MR) is 87.5 cm³/mol. The van der Waals surface area contributed by atoms with Gasteiger partial charge in [-0.15, -0.1) is 0 Å². The summed E-state index contributed by atoms with van der Waals surface area (Å²) in [6, 6.07) is 2.94. The van der Waals surface area contributed by atoms with Gasteiger partial charge >= 0.3 is 6.09 Å². The highest BCUT2D eigenvalue weighted by Gasteiger charge is 2.15. The van der Waals surface area contributed by atoms with E-state index in [1.807, 2.05) is 19.0 Å². The first-order valence-corrected chi connectivity index (χ1v) is 6.80. The maximum atomic E-state index is 11.5. The monoisotopic (exact) mass is 323 g/mol. The van der Waals surface area contributed by atoms with Gasteiger partial charge in [0.05, 0.1) is 18.5 Å². The Labute approximate surface area is 134 Å². The van der Waals surface area contributed by atoms with Gasteiger partial charge in [-0.2, -0.15) is 0 Å². The summed E-state index contributed by atoms with van der Waals surface area (Å²) in [5, 5.41) is 13.7. The predicted octanol–water partition coefficient (Wildman–Crippen LogP) is 1.85. The van der Waals surface area contributed by atoms with Gasteiger partial charge in [-0.3, -0.25) is 10.1 Å². The summed E-state index contributed by atoms with van der Waals surface area (Å²) in [6.45, 7) is 4.44. The summed E-state index contributed by atoms with van der Waals surface area (Å²) < 4.78 is 10.8. The van der Waals surface area contributed by atoms with E-state index in [0.717, 1.165) is 6.08 Å². The molecular formula is C15H21N3O5. The number of amides is 2. The molecule has 0 aliphatic carbocycles. The number of hydrogen-bond acceptors (Lipinski definition) is 5. The SMILES string of the molecule is C=CC(=O)Nc1cc(NC(=O)O)c(OC)cc1OCCN(C)C. The zero-order valence-corrected chi connectivity index (χ0v) is 13.4. The summed E-state index contributed by atoms with van der Waals surface area (Å²) in [4.78, 5) is 24.3. The van der Waals surface area contributed by atoms with Crippen LogP contribution in [0.1, 0.15) is 0 Å². The Morgan fingerprint density at radius 3 is 2.43 bits per heavy atom. The van der Waals surface area contributed by atoms with Crippen molar-refractivity contribution in [2.45, 2.75) is 0 Å². The molecule has 0 bridgehead atoms. The van der Waals surface area contributed by atoms with Crippen LogP contribution >= 0.6 is 0 Å². The van der Waals surface area contributed by atoms with E-state index >= 15 is 0 Å². The molecule has 23 heavy (non-hydrogen) atoms. The molecule has 1 aromatic rings. The van der Waals surface area contributed by atoms with Crippen molar-refractivity contribution in [3.63, 3.8) is 0 Å². The van der Waals surface area contributed by atoms with Crippen molar-refractivity contribution >= 4 is 23.4 Å². The zero-order valence-electron chi connectivity index (χ0n) is 13.4. The summed E-state index contributed by atoms with van der Waals surface area (Å²) in [6.07, 6.45) is -0.136. The number of ether oxygens (including phenoxy) is 2. The molecule has 8 heteroatoms. The highest BCUT2D eigenvalue weighted by Crippen LogP contribution is 2.36. The number of hydrogen-bond donors (Lipinski definition) is 3. The van der Waals surface area contributed by atoms with Gasteiger partial charge in [0, 0.05) is 12.6 Å². The first kappa shape index (κ1) is 18.3. The van der Waals surface area contributed by atoms with Crippen LogP contribution in [0.4, 0.5) is 16.2 Å². The topological polar surface area (TPSA) is 100 Å². The Morgan fingerprint density at radius 2 is 1.91 bits per heavy atom. The number of carboxylic acid groups (broad SMARTS) is 1. The van der Waals surface area contributed by atoms with E-state index in [4.69, 9.17) is 14.6 Å². The van der Waals surface area contributed by atoms with Crippen LogP contribution in [0, 0.1) is 0 Å². The van der Waals surface area contributed by atoms with Gasteiger partial charge in [0.25, 0.3) is 0 Å². The summed E-state index contributed by atoms with van der Waals surface area (Å²) in [5.41, 5.74) is 0.512. The van der Waals surface area contributed by atoms with Gasteiger partial charge in [-0.25, -0.2) is 4.79 Å². The molecule has 1 rings (SSSR count). The van der Waals surface area contributed by atoms with Crippen LogP contribution in [0.5, 0.6) is 11.5 Å². The minimum Gasteiger partial charge on any atom is -0.494 e. The second kappa shape index (κ2) is 8.64. The number of rotatable bonds is 8. The van der Waals surface area contributed by atoms with Gasteiger partial charge < -0.3 is 24.8 Å². The molecule has 0 fully saturated rings. The molecule has 0 unspecified atom stereocenters. The fourth-order valence-electron chi connectivity index (χ4n) is 1.68. The number of carbonyl (C=O) groups is 2. The fraction of sp³-hybridized carbons (Fsp3) is 0.333. The number of benzene rings is 1. The minimum absolute atomic E-state index is 0.194. The maximum Gasteiger partial charge on any atom is 0.409 e. The molecule has 2 amide bonds. The van der Waals surface area contributed by atoms with Crippen molar-refractivity contribution in [1.82, 2.24) is 4.90 Å². The number of likely N-dealkylation sites (N-methyl/N-ethyl adjacent to an activating group) is 1. The standard InChI is InChI=1S/C15H21N3O5/c1-5-14(19)16-11-8-10(17-15(20)21)12(22-4)9-13(11)23-7-6-18(2)3/h5,8-9,17H,1,6-7H2,2-4H3,(H,16,19)(H,20,21). The molecule has 0 atom stereocenters. The lowest BCUT2D eigenvalue weighted by atomic mass is 10.2. The lowest BCUT2D eigenvalue weighted by Crippen LogP contribution is -2.20. The van der Waals surface area contributed by atoms with Crippen LogP contribution in [-0.4, -0.2) is 56.4 Å². The molecular weight excluding hydrogens is 302 g/mol. The second-order valence-corrected chi connectivity index (χ2v) is 4.82. The van der Waals surface area contributed by atoms with E-state index in [-0.39, 0.29) is 11.4 Å². The van der Waals surface area contributed by atoms with Crippen molar-refractivity contribution in [3.8, 4) is 11.5 Å². The van der Waals surface area contributed by atoms with Crippen molar-refractivity contribution in [1.29, 1.82) is 0 Å². The van der Waals surface area contributed by atoms with Gasteiger partial charge in [0.1, 0.15) is 18.1 Å². The van der Waals surface area contributed by atoms with Crippen molar-refractivity contribution in [2.75, 3.05) is 45.0 Å². The molecule has 8 nitrogen and oxygen atoms in total. The van der Waals surface area contributed by atoms with Gasteiger partial charge in [0.2, 0.25) is 5.91 Å². The first-order valence-electron chi connectivity index (χ1n) is 6.80. The number of anilines is 2. The molecule has 0 aliphatic heterocycles. The van der Waals surface area contributed by atoms with Crippen molar-refractivity contribution in [2.24, 2.45) is 0 Å². The van der Waals surface area contributed by atoms with E-state index in [2.05, 4.69) is 17.2 Å². The van der Waals surface area contributed by atoms with Gasteiger partial charge in [0.15, 0.2) is 0 Å². The molecule has 1 aromatic carbocycles. The van der Waals surface area contributed by atoms with Crippen molar-refractivity contribution < 1.29 is 24.2 Å². The molecule has 3 N–H and O–H groups in total. The van der Waals surface area contributed by atoms with E-state index in [9.17, 15) is 9.59 Å². The average molecular weight is 323 g/mol. The smallest absolute Gasteiger partial charge is 0.409 e. The minimum atomic E-state index is -1.24. The fourth-order valence-corrected chi connectivity index (χ4v) is 1.68. The molecule has 0 radical (unpaired) electrons. The average Bonchev–Trinajstić information content (AvgIpc) is 2.48.